The van der Waals surface area contributed by atoms with Crippen LogP contribution in [0.1, 0.15) is 34.0 Å². The number of thiocarbonyl (C=S) groups is 1. The Balaban J connectivity index is 2.65. The summed E-state index contributed by atoms with van der Waals surface area (Å²) in [4.78, 5) is 14.2. The highest BCUT2D eigenvalue weighted by atomic mass is 32.1. The Labute approximate surface area is 111 Å². The number of amides is 1. The average Bonchev–Trinajstić information content (AvgIpc) is 2.56. The second-order valence-corrected chi connectivity index (χ2v) is 6.48. The third kappa shape index (κ3) is 3.51. The molecule has 5 heteroatoms. The van der Waals surface area contributed by atoms with Gasteiger partial charge in [0.25, 0.3) is 5.91 Å². The van der Waals surface area contributed by atoms with Crippen molar-refractivity contribution in [2.75, 3.05) is 6.54 Å². The van der Waals surface area contributed by atoms with Crippen LogP contribution in [0.5, 0.6) is 0 Å². The van der Waals surface area contributed by atoms with Gasteiger partial charge in [0.15, 0.2) is 0 Å². The van der Waals surface area contributed by atoms with Crippen molar-refractivity contribution in [1.29, 1.82) is 0 Å². The number of aryl methyl sites for hydroxylation is 2. The Kier molecular flexibility index (Phi) is 4.27. The zero-order valence-electron chi connectivity index (χ0n) is 10.6. The fraction of sp³-hybridized carbons (Fsp3) is 0.500. The topological polar surface area (TPSA) is 55.1 Å². The summed E-state index contributed by atoms with van der Waals surface area (Å²) in [7, 11) is 0. The summed E-state index contributed by atoms with van der Waals surface area (Å²) >= 11 is 6.46. The fourth-order valence-electron chi connectivity index (χ4n) is 1.16. The van der Waals surface area contributed by atoms with E-state index in [0.717, 1.165) is 10.4 Å². The molecule has 0 bridgehead atoms. The second-order valence-electron chi connectivity index (χ2n) is 4.78. The number of nitrogens with two attached hydrogens (primary N) is 1. The lowest BCUT2D eigenvalue weighted by Gasteiger charge is -2.23. The van der Waals surface area contributed by atoms with Crippen molar-refractivity contribution in [3.63, 3.8) is 0 Å². The van der Waals surface area contributed by atoms with Crippen molar-refractivity contribution < 1.29 is 4.79 Å². The first-order valence-electron chi connectivity index (χ1n) is 5.39. The van der Waals surface area contributed by atoms with Gasteiger partial charge in [-0.1, -0.05) is 26.1 Å². The summed E-state index contributed by atoms with van der Waals surface area (Å²) in [5, 5.41) is 2.87. The molecule has 0 fully saturated rings. The molecule has 0 aliphatic carbocycles. The Morgan fingerprint density at radius 3 is 2.53 bits per heavy atom. The number of hydrogen-bond donors (Lipinski definition) is 2. The quantitative estimate of drug-likeness (QED) is 0.826. The Hall–Kier alpha value is -0.940. The number of hydrogen-bond acceptors (Lipinski definition) is 3. The highest BCUT2D eigenvalue weighted by Gasteiger charge is 2.22. The highest BCUT2D eigenvalue weighted by Crippen LogP contribution is 2.21. The van der Waals surface area contributed by atoms with Gasteiger partial charge in [-0.05, 0) is 25.5 Å². The standard InChI is InChI=1S/C12H18N2OS2/c1-7-5-9(17-8(7)2)10(15)14-6-12(3,4)11(13)16/h5H,6H2,1-4H3,(H2,13,16)(H,14,15). The number of thiophene rings is 1. The van der Waals surface area contributed by atoms with E-state index in [-0.39, 0.29) is 11.3 Å². The highest BCUT2D eigenvalue weighted by molar-refractivity contribution is 7.80. The predicted molar refractivity (Wildman–Crippen MR) is 76.7 cm³/mol. The zero-order valence-corrected chi connectivity index (χ0v) is 12.2. The number of nitrogens with one attached hydrogen (secondary N) is 1. The summed E-state index contributed by atoms with van der Waals surface area (Å²) in [6.07, 6.45) is 0. The lowest BCUT2D eigenvalue weighted by molar-refractivity contribution is 0.0949. The Bertz CT molecular complexity index is 430. The molecule has 94 valence electrons. The summed E-state index contributed by atoms with van der Waals surface area (Å²) < 4.78 is 0. The van der Waals surface area contributed by atoms with Crippen molar-refractivity contribution in [3.8, 4) is 0 Å². The van der Waals surface area contributed by atoms with Crippen LogP contribution in [0.15, 0.2) is 6.07 Å². The molecule has 0 saturated carbocycles. The maximum absolute atomic E-state index is 11.9. The normalized spacial score (nSPS) is 11.3. The molecule has 0 aliphatic rings. The SMILES string of the molecule is Cc1cc(C(=O)NCC(C)(C)C(N)=S)sc1C. The number of carbonyl (C=O) groups excluding carboxylic acids is 1. The monoisotopic (exact) mass is 270 g/mol. The van der Waals surface area contributed by atoms with Gasteiger partial charge in [0, 0.05) is 16.8 Å². The molecule has 3 N–H and O–H groups in total. The van der Waals surface area contributed by atoms with Crippen LogP contribution < -0.4 is 11.1 Å². The van der Waals surface area contributed by atoms with Crippen molar-refractivity contribution in [2.45, 2.75) is 27.7 Å². The van der Waals surface area contributed by atoms with Gasteiger partial charge in [-0.15, -0.1) is 11.3 Å². The van der Waals surface area contributed by atoms with Gasteiger partial charge >= 0.3 is 0 Å². The molecule has 1 amide bonds. The molecule has 1 heterocycles. The van der Waals surface area contributed by atoms with E-state index in [9.17, 15) is 4.79 Å². The smallest absolute Gasteiger partial charge is 0.261 e. The van der Waals surface area contributed by atoms with Gasteiger partial charge in [-0.25, -0.2) is 0 Å². The number of carbonyl (C=O) groups is 1. The van der Waals surface area contributed by atoms with Crippen LogP contribution in [0, 0.1) is 19.3 Å². The van der Waals surface area contributed by atoms with E-state index < -0.39 is 0 Å². The molecule has 0 spiro atoms. The zero-order chi connectivity index (χ0) is 13.2. The molecule has 0 saturated heterocycles. The van der Waals surface area contributed by atoms with E-state index in [0.29, 0.717) is 11.5 Å². The van der Waals surface area contributed by atoms with Crippen LogP contribution in [0.3, 0.4) is 0 Å². The molecule has 17 heavy (non-hydrogen) atoms. The van der Waals surface area contributed by atoms with E-state index in [1.54, 1.807) is 0 Å². The van der Waals surface area contributed by atoms with Crippen LogP contribution in [0.2, 0.25) is 0 Å². The minimum atomic E-state index is -0.355. The lowest BCUT2D eigenvalue weighted by Crippen LogP contribution is -2.41. The van der Waals surface area contributed by atoms with Crippen LogP contribution in [0.4, 0.5) is 0 Å². The lowest BCUT2D eigenvalue weighted by atomic mass is 9.93. The molecule has 0 aliphatic heterocycles. The maximum Gasteiger partial charge on any atom is 0.261 e. The van der Waals surface area contributed by atoms with E-state index in [4.69, 9.17) is 18.0 Å². The molecule has 0 unspecified atom stereocenters. The van der Waals surface area contributed by atoms with Crippen molar-refractivity contribution in [2.24, 2.45) is 11.1 Å². The van der Waals surface area contributed by atoms with Gasteiger partial charge < -0.3 is 11.1 Å². The Morgan fingerprint density at radius 2 is 2.12 bits per heavy atom. The number of rotatable bonds is 4. The second kappa shape index (κ2) is 5.14. The predicted octanol–water partition coefficient (Wildman–Crippen LogP) is 2.41. The van der Waals surface area contributed by atoms with Crippen molar-refractivity contribution in [3.05, 3.63) is 21.4 Å². The van der Waals surface area contributed by atoms with E-state index in [2.05, 4.69) is 5.32 Å². The first kappa shape index (κ1) is 14.1. The fourth-order valence-corrected chi connectivity index (χ4v) is 2.18. The third-order valence-electron chi connectivity index (χ3n) is 2.75. The molecule has 0 radical (unpaired) electrons. The van der Waals surface area contributed by atoms with Crippen LogP contribution in [-0.2, 0) is 0 Å². The third-order valence-corrected chi connectivity index (χ3v) is 4.45. The molecule has 1 aromatic rings. The first-order chi connectivity index (χ1) is 7.74. The van der Waals surface area contributed by atoms with E-state index in [1.165, 1.54) is 16.2 Å². The molecular weight excluding hydrogens is 252 g/mol. The van der Waals surface area contributed by atoms with Gasteiger partial charge in [-0.3, -0.25) is 4.79 Å². The van der Waals surface area contributed by atoms with Crippen LogP contribution in [-0.4, -0.2) is 17.4 Å². The summed E-state index contributed by atoms with van der Waals surface area (Å²) in [5.41, 5.74) is 6.40. The van der Waals surface area contributed by atoms with Crippen molar-refractivity contribution in [1.82, 2.24) is 5.32 Å². The van der Waals surface area contributed by atoms with E-state index >= 15 is 0 Å². The van der Waals surface area contributed by atoms with Gasteiger partial charge in [0.1, 0.15) is 0 Å². The molecule has 1 rings (SSSR count). The summed E-state index contributed by atoms with van der Waals surface area (Å²) in [6.45, 7) is 8.30. The van der Waals surface area contributed by atoms with Gasteiger partial charge in [0.05, 0.1) is 9.87 Å². The minimum absolute atomic E-state index is 0.0597. The molecule has 1 aromatic heterocycles. The molecule has 3 nitrogen and oxygen atoms in total. The Morgan fingerprint density at radius 1 is 1.53 bits per heavy atom. The minimum Gasteiger partial charge on any atom is -0.393 e. The van der Waals surface area contributed by atoms with Crippen LogP contribution in [0.25, 0.3) is 0 Å². The van der Waals surface area contributed by atoms with E-state index in [1.807, 2.05) is 33.8 Å². The first-order valence-corrected chi connectivity index (χ1v) is 6.61. The van der Waals surface area contributed by atoms with Gasteiger partial charge in [-0.2, -0.15) is 0 Å². The molecular formula is C12H18N2OS2. The van der Waals surface area contributed by atoms with Crippen LogP contribution >= 0.6 is 23.6 Å². The van der Waals surface area contributed by atoms with Crippen molar-refractivity contribution >= 4 is 34.5 Å². The summed E-state index contributed by atoms with van der Waals surface area (Å²) in [6, 6.07) is 1.91. The molecule has 0 aromatic carbocycles. The molecule has 0 atom stereocenters. The summed E-state index contributed by atoms with van der Waals surface area (Å²) in [5.74, 6) is -0.0597. The van der Waals surface area contributed by atoms with Gasteiger partial charge in [0.2, 0.25) is 0 Å². The largest absolute Gasteiger partial charge is 0.393 e. The average molecular weight is 270 g/mol. The maximum atomic E-state index is 11.9.